The van der Waals surface area contributed by atoms with Crippen molar-refractivity contribution in [3.05, 3.63) is 5.82 Å². The highest BCUT2D eigenvalue weighted by Gasteiger charge is 2.10. The summed E-state index contributed by atoms with van der Waals surface area (Å²) in [5, 5.41) is 3.12. The van der Waals surface area contributed by atoms with Gasteiger partial charge in [-0.3, -0.25) is 10.1 Å². The smallest absolute Gasteiger partial charge is 0.242 e. The van der Waals surface area contributed by atoms with Crippen LogP contribution in [0.1, 0.15) is 26.1 Å². The van der Waals surface area contributed by atoms with Crippen LogP contribution in [-0.2, 0) is 11.2 Å². The SMILES string of the molecule is CCCc1nsc(NC(=O)C(C)N)n1.Cl. The number of aromatic nitrogens is 2. The largest absolute Gasteiger partial charge is 0.320 e. The first-order chi connectivity index (χ1) is 6.63. The average molecular weight is 251 g/mol. The predicted octanol–water partition coefficient (Wildman–Crippen LogP) is 1.20. The second-order valence-electron chi connectivity index (χ2n) is 3.04. The van der Waals surface area contributed by atoms with E-state index in [1.165, 1.54) is 11.5 Å². The number of aryl methyl sites for hydroxylation is 1. The lowest BCUT2D eigenvalue weighted by atomic mass is 10.3. The summed E-state index contributed by atoms with van der Waals surface area (Å²) in [6, 6.07) is -0.520. The van der Waals surface area contributed by atoms with Crippen LogP contribution in [-0.4, -0.2) is 21.3 Å². The molecule has 0 aliphatic heterocycles. The highest BCUT2D eigenvalue weighted by atomic mass is 35.5. The average Bonchev–Trinajstić information content (AvgIpc) is 2.53. The number of nitrogens with two attached hydrogens (primary N) is 1. The Hall–Kier alpha value is -0.720. The Morgan fingerprint density at radius 2 is 2.33 bits per heavy atom. The summed E-state index contributed by atoms with van der Waals surface area (Å²) in [6.07, 6.45) is 1.84. The number of carbonyl (C=O) groups is 1. The van der Waals surface area contributed by atoms with E-state index in [0.717, 1.165) is 18.7 Å². The molecule has 1 atom stereocenters. The summed E-state index contributed by atoms with van der Waals surface area (Å²) in [5.74, 6) is 0.543. The molecule has 1 aromatic heterocycles. The molecular weight excluding hydrogens is 236 g/mol. The minimum absolute atomic E-state index is 0. The molecule has 1 aromatic rings. The van der Waals surface area contributed by atoms with Gasteiger partial charge < -0.3 is 5.73 Å². The van der Waals surface area contributed by atoms with Crippen LogP contribution in [0, 0.1) is 0 Å². The second kappa shape index (κ2) is 6.71. The van der Waals surface area contributed by atoms with E-state index in [4.69, 9.17) is 5.73 Å². The molecule has 0 radical (unpaired) electrons. The maximum absolute atomic E-state index is 11.2. The first-order valence-electron chi connectivity index (χ1n) is 4.52. The Morgan fingerprint density at radius 1 is 1.67 bits per heavy atom. The van der Waals surface area contributed by atoms with E-state index in [1.807, 2.05) is 0 Å². The summed E-state index contributed by atoms with van der Waals surface area (Å²) in [5.41, 5.74) is 5.39. The number of hydrogen-bond donors (Lipinski definition) is 2. The molecule has 15 heavy (non-hydrogen) atoms. The van der Waals surface area contributed by atoms with Crippen LogP contribution in [0.3, 0.4) is 0 Å². The van der Waals surface area contributed by atoms with Gasteiger partial charge in [0.1, 0.15) is 5.82 Å². The maximum Gasteiger partial charge on any atom is 0.242 e. The Labute approximate surface area is 99.0 Å². The van der Waals surface area contributed by atoms with Crippen molar-refractivity contribution in [2.75, 3.05) is 5.32 Å². The van der Waals surface area contributed by atoms with Gasteiger partial charge in [-0.25, -0.2) is 4.98 Å². The van der Waals surface area contributed by atoms with Gasteiger partial charge in [0.05, 0.1) is 6.04 Å². The standard InChI is InChI=1S/C8H14N4OS.ClH/c1-3-4-6-10-8(14-12-6)11-7(13)5(2)9;/h5H,3-4,9H2,1-2H3,(H,10,11,12,13);1H. The fourth-order valence-corrected chi connectivity index (χ4v) is 1.47. The van der Waals surface area contributed by atoms with Crippen molar-refractivity contribution in [3.63, 3.8) is 0 Å². The first kappa shape index (κ1) is 14.3. The molecule has 0 spiro atoms. The first-order valence-corrected chi connectivity index (χ1v) is 5.30. The van der Waals surface area contributed by atoms with Crippen molar-refractivity contribution in [2.24, 2.45) is 5.73 Å². The van der Waals surface area contributed by atoms with Crippen molar-refractivity contribution in [1.29, 1.82) is 0 Å². The lowest BCUT2D eigenvalue weighted by Crippen LogP contribution is -2.32. The van der Waals surface area contributed by atoms with Gasteiger partial charge >= 0.3 is 0 Å². The minimum Gasteiger partial charge on any atom is -0.320 e. The van der Waals surface area contributed by atoms with E-state index in [9.17, 15) is 4.79 Å². The van der Waals surface area contributed by atoms with Crippen LogP contribution in [0.25, 0.3) is 0 Å². The van der Waals surface area contributed by atoms with Crippen molar-refractivity contribution >= 4 is 35.0 Å². The van der Waals surface area contributed by atoms with E-state index in [0.29, 0.717) is 5.13 Å². The molecule has 3 N–H and O–H groups in total. The van der Waals surface area contributed by atoms with Crippen LogP contribution >= 0.6 is 23.9 Å². The molecule has 86 valence electrons. The van der Waals surface area contributed by atoms with E-state index < -0.39 is 6.04 Å². The highest BCUT2D eigenvalue weighted by Crippen LogP contribution is 2.11. The molecule has 1 heterocycles. The van der Waals surface area contributed by atoms with Crippen LogP contribution in [0.5, 0.6) is 0 Å². The molecule has 1 rings (SSSR count). The molecule has 1 unspecified atom stereocenters. The molecule has 1 amide bonds. The normalized spacial score (nSPS) is 11.7. The van der Waals surface area contributed by atoms with Gasteiger partial charge in [-0.05, 0) is 13.3 Å². The number of carbonyl (C=O) groups excluding carboxylic acids is 1. The topological polar surface area (TPSA) is 80.9 Å². The monoisotopic (exact) mass is 250 g/mol. The van der Waals surface area contributed by atoms with Crippen molar-refractivity contribution in [3.8, 4) is 0 Å². The van der Waals surface area contributed by atoms with Crippen LogP contribution in [0.4, 0.5) is 5.13 Å². The zero-order valence-corrected chi connectivity index (χ0v) is 10.3. The summed E-state index contributed by atoms with van der Waals surface area (Å²) < 4.78 is 4.09. The predicted molar refractivity (Wildman–Crippen MR) is 63.4 cm³/mol. The minimum atomic E-state index is -0.520. The molecule has 0 fully saturated rings. The Kier molecular flexibility index (Phi) is 6.38. The van der Waals surface area contributed by atoms with E-state index >= 15 is 0 Å². The van der Waals surface area contributed by atoms with Crippen LogP contribution in [0.15, 0.2) is 0 Å². The molecule has 5 nitrogen and oxygen atoms in total. The van der Waals surface area contributed by atoms with E-state index in [-0.39, 0.29) is 18.3 Å². The number of nitrogens with zero attached hydrogens (tertiary/aromatic N) is 2. The fraction of sp³-hybridized carbons (Fsp3) is 0.625. The Balaban J connectivity index is 0.00000196. The van der Waals surface area contributed by atoms with Gasteiger partial charge in [0.2, 0.25) is 11.0 Å². The number of halogens is 1. The van der Waals surface area contributed by atoms with Crippen molar-refractivity contribution in [1.82, 2.24) is 9.36 Å². The number of hydrogen-bond acceptors (Lipinski definition) is 5. The number of rotatable bonds is 4. The van der Waals surface area contributed by atoms with Gasteiger partial charge in [0.15, 0.2) is 0 Å². The van der Waals surface area contributed by atoms with Crippen molar-refractivity contribution < 1.29 is 4.79 Å². The van der Waals surface area contributed by atoms with E-state index in [2.05, 4.69) is 21.6 Å². The summed E-state index contributed by atoms with van der Waals surface area (Å²) in [4.78, 5) is 15.3. The van der Waals surface area contributed by atoms with Crippen molar-refractivity contribution in [2.45, 2.75) is 32.7 Å². The number of amides is 1. The van der Waals surface area contributed by atoms with Gasteiger partial charge in [-0.15, -0.1) is 12.4 Å². The maximum atomic E-state index is 11.2. The quantitative estimate of drug-likeness (QED) is 0.841. The zero-order valence-electron chi connectivity index (χ0n) is 8.69. The fourth-order valence-electron chi connectivity index (χ4n) is 0.849. The van der Waals surface area contributed by atoms with Gasteiger partial charge in [0, 0.05) is 18.0 Å². The molecule has 0 aromatic carbocycles. The zero-order chi connectivity index (χ0) is 10.6. The second-order valence-corrected chi connectivity index (χ2v) is 3.80. The Bertz CT molecular complexity index is 315. The van der Waals surface area contributed by atoms with Crippen LogP contribution in [0.2, 0.25) is 0 Å². The summed E-state index contributed by atoms with van der Waals surface area (Å²) >= 11 is 1.19. The third-order valence-corrected chi connectivity index (χ3v) is 2.25. The molecule has 7 heteroatoms. The number of nitrogens with one attached hydrogen (secondary N) is 1. The number of anilines is 1. The molecule has 0 aliphatic carbocycles. The lowest BCUT2D eigenvalue weighted by Gasteiger charge is -2.02. The van der Waals surface area contributed by atoms with Crippen LogP contribution < -0.4 is 11.1 Å². The highest BCUT2D eigenvalue weighted by molar-refractivity contribution is 7.09. The third kappa shape index (κ3) is 4.55. The third-order valence-electron chi connectivity index (χ3n) is 1.59. The molecular formula is C8H15ClN4OS. The molecule has 0 aliphatic rings. The molecule has 0 saturated carbocycles. The molecule has 0 bridgehead atoms. The summed E-state index contributed by atoms with van der Waals surface area (Å²) in [6.45, 7) is 3.69. The summed E-state index contributed by atoms with van der Waals surface area (Å²) in [7, 11) is 0. The van der Waals surface area contributed by atoms with E-state index in [1.54, 1.807) is 6.92 Å². The van der Waals surface area contributed by atoms with Gasteiger partial charge in [-0.2, -0.15) is 4.37 Å². The Morgan fingerprint density at radius 3 is 2.87 bits per heavy atom. The molecule has 0 saturated heterocycles. The van der Waals surface area contributed by atoms with Gasteiger partial charge in [-0.1, -0.05) is 6.92 Å². The van der Waals surface area contributed by atoms with Gasteiger partial charge in [0.25, 0.3) is 0 Å². The lowest BCUT2D eigenvalue weighted by molar-refractivity contribution is -0.117.